The van der Waals surface area contributed by atoms with Crippen LogP contribution in [0.25, 0.3) is 0 Å². The van der Waals surface area contributed by atoms with Crippen LogP contribution in [0.2, 0.25) is 0 Å². The second-order valence-corrected chi connectivity index (χ2v) is 6.03. The van der Waals surface area contributed by atoms with Crippen LogP contribution < -0.4 is 15.5 Å². The minimum Gasteiger partial charge on any atom is -0.395 e. The van der Waals surface area contributed by atoms with Gasteiger partial charge in [-0.05, 0) is 36.6 Å². The monoisotopic (exact) mass is 333 g/mol. The van der Waals surface area contributed by atoms with E-state index in [1.54, 1.807) is 23.1 Å². The molecule has 3 amide bonds. The highest BCUT2D eigenvalue weighted by atomic mass is 16.3. The van der Waals surface area contributed by atoms with E-state index < -0.39 is 11.8 Å². The predicted molar refractivity (Wildman–Crippen MR) is 90.7 cm³/mol. The van der Waals surface area contributed by atoms with Crippen LogP contribution in [0.4, 0.5) is 11.4 Å². The van der Waals surface area contributed by atoms with Crippen LogP contribution in [-0.2, 0) is 20.8 Å². The average Bonchev–Trinajstić information content (AvgIpc) is 2.58. The van der Waals surface area contributed by atoms with E-state index in [4.69, 9.17) is 5.11 Å². The molecule has 130 valence electrons. The van der Waals surface area contributed by atoms with Gasteiger partial charge in [0, 0.05) is 30.4 Å². The number of aliphatic hydroxyl groups excluding tert-OH is 1. The molecule has 1 aliphatic rings. The Morgan fingerprint density at radius 1 is 1.25 bits per heavy atom. The zero-order valence-corrected chi connectivity index (χ0v) is 14.0. The summed E-state index contributed by atoms with van der Waals surface area (Å²) in [4.78, 5) is 37.4. The molecule has 1 aliphatic heterocycles. The molecule has 0 aromatic heterocycles. The summed E-state index contributed by atoms with van der Waals surface area (Å²) in [5.41, 5.74) is 2.35. The molecule has 0 fully saturated rings. The minimum absolute atomic E-state index is 0.0305. The number of fused-ring (bicyclic) bond motifs is 1. The Balaban J connectivity index is 2.12. The van der Waals surface area contributed by atoms with Crippen molar-refractivity contribution in [2.24, 2.45) is 5.92 Å². The Bertz CT molecular complexity index is 643. The minimum atomic E-state index is -0.793. The first-order chi connectivity index (χ1) is 11.4. The topological polar surface area (TPSA) is 98.7 Å². The van der Waals surface area contributed by atoms with Crippen molar-refractivity contribution in [2.75, 3.05) is 29.9 Å². The molecule has 1 aromatic carbocycles. The summed E-state index contributed by atoms with van der Waals surface area (Å²) in [6, 6.07) is 5.28. The Hall–Kier alpha value is -2.41. The van der Waals surface area contributed by atoms with Crippen molar-refractivity contribution in [3.05, 3.63) is 23.8 Å². The van der Waals surface area contributed by atoms with E-state index >= 15 is 0 Å². The van der Waals surface area contributed by atoms with Crippen molar-refractivity contribution in [1.29, 1.82) is 0 Å². The SMILES string of the molecule is CC(C)C(=O)N1CCCc2cc(NC(=O)C(=O)NCCO)ccc21. The number of aryl methyl sites for hydroxylation is 1. The maximum Gasteiger partial charge on any atom is 0.313 e. The summed E-state index contributed by atoms with van der Waals surface area (Å²) in [6.45, 7) is 4.24. The lowest BCUT2D eigenvalue weighted by molar-refractivity contribution is -0.136. The maximum absolute atomic E-state index is 12.3. The number of carbonyl (C=O) groups excluding carboxylic acids is 3. The third-order valence-electron chi connectivity index (χ3n) is 3.82. The van der Waals surface area contributed by atoms with Gasteiger partial charge in [-0.25, -0.2) is 0 Å². The molecule has 1 aromatic rings. The molecule has 0 bridgehead atoms. The summed E-state index contributed by atoms with van der Waals surface area (Å²) in [5, 5.41) is 13.5. The molecule has 0 atom stereocenters. The van der Waals surface area contributed by atoms with Crippen LogP contribution in [0.15, 0.2) is 18.2 Å². The lowest BCUT2D eigenvalue weighted by atomic mass is 9.99. The normalized spacial score (nSPS) is 13.4. The molecule has 1 heterocycles. The van der Waals surface area contributed by atoms with Crippen molar-refractivity contribution >= 4 is 29.1 Å². The zero-order chi connectivity index (χ0) is 17.7. The van der Waals surface area contributed by atoms with Crippen molar-refractivity contribution in [3.8, 4) is 0 Å². The fourth-order valence-electron chi connectivity index (χ4n) is 2.65. The molecule has 3 N–H and O–H groups in total. The Labute approximate surface area is 141 Å². The number of benzene rings is 1. The number of amides is 3. The molecule has 0 saturated heterocycles. The molecule has 0 saturated carbocycles. The van der Waals surface area contributed by atoms with Gasteiger partial charge >= 0.3 is 11.8 Å². The summed E-state index contributed by atoms with van der Waals surface area (Å²) < 4.78 is 0. The Kier molecular flexibility index (Phi) is 5.92. The van der Waals surface area contributed by atoms with Gasteiger partial charge in [0.15, 0.2) is 0 Å². The first-order valence-corrected chi connectivity index (χ1v) is 8.08. The van der Waals surface area contributed by atoms with Crippen LogP contribution in [0.5, 0.6) is 0 Å². The fourth-order valence-corrected chi connectivity index (χ4v) is 2.65. The third kappa shape index (κ3) is 4.11. The Morgan fingerprint density at radius 3 is 2.67 bits per heavy atom. The molecule has 7 nitrogen and oxygen atoms in total. The summed E-state index contributed by atoms with van der Waals surface area (Å²) >= 11 is 0. The van der Waals surface area contributed by atoms with Gasteiger partial charge in [0.1, 0.15) is 0 Å². The predicted octanol–water partition coefficient (Wildman–Crippen LogP) is 0.669. The molecular weight excluding hydrogens is 310 g/mol. The number of nitrogens with one attached hydrogen (secondary N) is 2. The number of hydrogen-bond donors (Lipinski definition) is 3. The highest BCUT2D eigenvalue weighted by Gasteiger charge is 2.24. The van der Waals surface area contributed by atoms with Crippen molar-refractivity contribution in [3.63, 3.8) is 0 Å². The van der Waals surface area contributed by atoms with Gasteiger partial charge in [0.05, 0.1) is 6.61 Å². The van der Waals surface area contributed by atoms with Crippen molar-refractivity contribution in [1.82, 2.24) is 5.32 Å². The molecule has 7 heteroatoms. The lowest BCUT2D eigenvalue weighted by Gasteiger charge is -2.31. The average molecular weight is 333 g/mol. The zero-order valence-electron chi connectivity index (χ0n) is 14.0. The van der Waals surface area contributed by atoms with Gasteiger partial charge in [-0.15, -0.1) is 0 Å². The number of anilines is 2. The van der Waals surface area contributed by atoms with E-state index in [0.717, 1.165) is 24.1 Å². The fraction of sp³-hybridized carbons (Fsp3) is 0.471. The summed E-state index contributed by atoms with van der Waals surface area (Å²) in [7, 11) is 0. The summed E-state index contributed by atoms with van der Waals surface area (Å²) in [5.74, 6) is -1.57. The van der Waals surface area contributed by atoms with Crippen LogP contribution in [0, 0.1) is 5.92 Å². The molecular formula is C17H23N3O4. The first-order valence-electron chi connectivity index (χ1n) is 8.08. The van der Waals surface area contributed by atoms with E-state index in [2.05, 4.69) is 10.6 Å². The van der Waals surface area contributed by atoms with Crippen LogP contribution in [-0.4, -0.2) is 42.5 Å². The maximum atomic E-state index is 12.3. The van der Waals surface area contributed by atoms with Crippen LogP contribution >= 0.6 is 0 Å². The second-order valence-electron chi connectivity index (χ2n) is 6.03. The molecule has 0 radical (unpaired) electrons. The number of nitrogens with zero attached hydrogens (tertiary/aromatic N) is 1. The smallest absolute Gasteiger partial charge is 0.313 e. The largest absolute Gasteiger partial charge is 0.395 e. The van der Waals surface area contributed by atoms with E-state index in [0.29, 0.717) is 12.2 Å². The van der Waals surface area contributed by atoms with Crippen LogP contribution in [0.1, 0.15) is 25.8 Å². The molecule has 0 aliphatic carbocycles. The van der Waals surface area contributed by atoms with E-state index in [9.17, 15) is 14.4 Å². The van der Waals surface area contributed by atoms with Gasteiger partial charge in [-0.3, -0.25) is 14.4 Å². The standard InChI is InChI=1S/C17H23N3O4/c1-11(2)17(24)20-8-3-4-12-10-13(5-6-14(12)20)19-16(23)15(22)18-7-9-21/h5-6,10-11,21H,3-4,7-9H2,1-2H3,(H,18,22)(H,19,23). The number of hydrogen-bond acceptors (Lipinski definition) is 4. The number of aliphatic hydroxyl groups is 1. The van der Waals surface area contributed by atoms with E-state index in [-0.39, 0.29) is 25.0 Å². The first kappa shape index (κ1) is 17.9. The van der Waals surface area contributed by atoms with Gasteiger partial charge in [0.25, 0.3) is 0 Å². The molecule has 24 heavy (non-hydrogen) atoms. The van der Waals surface area contributed by atoms with Gasteiger partial charge in [-0.2, -0.15) is 0 Å². The van der Waals surface area contributed by atoms with Crippen molar-refractivity contribution < 1.29 is 19.5 Å². The molecule has 0 spiro atoms. The second kappa shape index (κ2) is 7.92. The highest BCUT2D eigenvalue weighted by molar-refractivity contribution is 6.39. The van der Waals surface area contributed by atoms with E-state index in [1.807, 2.05) is 13.8 Å². The Morgan fingerprint density at radius 2 is 2.00 bits per heavy atom. The lowest BCUT2D eigenvalue weighted by Crippen LogP contribution is -2.38. The number of rotatable bonds is 4. The van der Waals surface area contributed by atoms with Gasteiger partial charge in [-0.1, -0.05) is 13.8 Å². The third-order valence-corrected chi connectivity index (χ3v) is 3.82. The molecule has 0 unspecified atom stereocenters. The van der Waals surface area contributed by atoms with Crippen LogP contribution in [0.3, 0.4) is 0 Å². The van der Waals surface area contributed by atoms with Crippen molar-refractivity contribution in [2.45, 2.75) is 26.7 Å². The summed E-state index contributed by atoms with van der Waals surface area (Å²) in [6.07, 6.45) is 1.68. The van der Waals surface area contributed by atoms with Gasteiger partial charge in [0.2, 0.25) is 5.91 Å². The quantitative estimate of drug-likeness (QED) is 0.705. The van der Waals surface area contributed by atoms with E-state index in [1.165, 1.54) is 0 Å². The highest BCUT2D eigenvalue weighted by Crippen LogP contribution is 2.30. The van der Waals surface area contributed by atoms with Gasteiger partial charge < -0.3 is 20.6 Å². The number of carbonyl (C=O) groups is 3. The molecule has 2 rings (SSSR count).